The smallest absolute Gasteiger partial charge is 0.139 e. The average molecular weight is 380 g/mol. The van der Waals surface area contributed by atoms with Crippen molar-refractivity contribution in [3.05, 3.63) is 30.5 Å². The predicted molar refractivity (Wildman–Crippen MR) is 54.5 cm³/mol. The third-order valence-corrected chi connectivity index (χ3v) is 3.80. The minimum absolute atomic E-state index is 0.237. The molecule has 54 valence electrons. The van der Waals surface area contributed by atoms with Gasteiger partial charge in [-0.2, -0.15) is 0 Å². The van der Waals surface area contributed by atoms with Crippen molar-refractivity contribution in [2.45, 2.75) is 0 Å². The molecule has 10 heavy (non-hydrogen) atoms. The normalized spacial score (nSPS) is 10.0. The summed E-state index contributed by atoms with van der Waals surface area (Å²) in [7, 11) is 0. The maximum absolute atomic E-state index is 12.8. The molecule has 0 aliphatic rings. The van der Waals surface area contributed by atoms with E-state index in [1.54, 1.807) is 0 Å². The molecule has 0 saturated carbocycles. The van der Waals surface area contributed by atoms with E-state index in [1.165, 1.54) is 6.07 Å². The van der Waals surface area contributed by atoms with Crippen LogP contribution in [0.2, 0.25) is 0 Å². The Morgan fingerprint density at radius 1 is 1.30 bits per heavy atom. The lowest BCUT2D eigenvalue weighted by molar-refractivity contribution is 0.619. The van der Waals surface area contributed by atoms with E-state index in [4.69, 9.17) is 0 Å². The van der Waals surface area contributed by atoms with Gasteiger partial charge in [0.2, 0.25) is 0 Å². The summed E-state index contributed by atoms with van der Waals surface area (Å²) in [6, 6.07) is 3.26. The zero-order valence-electron chi connectivity index (χ0n) is 4.67. The van der Waals surface area contributed by atoms with Crippen LogP contribution in [0.3, 0.4) is 0 Å². The minimum atomic E-state index is -0.237. The summed E-state index contributed by atoms with van der Waals surface area (Å²) in [6.45, 7) is 0. The first-order valence-electron chi connectivity index (χ1n) is 2.41. The third kappa shape index (κ3) is 1.92. The molecule has 0 spiro atoms. The molecule has 0 aromatic heterocycles. The van der Waals surface area contributed by atoms with E-state index in [1.807, 2.05) is 6.07 Å². The second-order valence-corrected chi connectivity index (χ2v) is 4.55. The van der Waals surface area contributed by atoms with Gasteiger partial charge >= 0.3 is 0 Å². The highest BCUT2D eigenvalue weighted by atomic mass is 127. The maximum atomic E-state index is 12.8. The van der Waals surface area contributed by atoms with Gasteiger partial charge in [0.25, 0.3) is 0 Å². The minimum Gasteiger partial charge on any atom is -0.206 e. The van der Waals surface area contributed by atoms with Crippen molar-refractivity contribution in [3.63, 3.8) is 0 Å². The van der Waals surface area contributed by atoms with Gasteiger partial charge in [0.05, 0.1) is 4.47 Å². The van der Waals surface area contributed by atoms with Gasteiger partial charge in [0.1, 0.15) is 5.82 Å². The monoisotopic (exact) mass is 378 g/mol. The molecule has 0 atom stereocenters. The summed E-state index contributed by atoms with van der Waals surface area (Å²) in [5, 5.41) is 0. The van der Waals surface area contributed by atoms with Crippen LogP contribution in [0, 0.1) is 9.39 Å². The highest BCUT2D eigenvalue weighted by molar-refractivity contribution is 14.1. The van der Waals surface area contributed by atoms with Crippen LogP contribution in [0.5, 0.6) is 0 Å². The number of halogens is 4. The van der Waals surface area contributed by atoms with Gasteiger partial charge in [-0.05, 0) is 50.7 Å². The lowest BCUT2D eigenvalue weighted by atomic mass is 10.4. The van der Waals surface area contributed by atoms with Crippen molar-refractivity contribution in [1.29, 1.82) is 0 Å². The number of hydrogen-bond acceptors (Lipinski definition) is 0. The Bertz CT molecular complexity index is 239. The summed E-state index contributed by atoms with van der Waals surface area (Å²) in [6.07, 6.45) is 0. The second-order valence-electron chi connectivity index (χ2n) is 1.68. The van der Waals surface area contributed by atoms with Crippen molar-refractivity contribution in [2.24, 2.45) is 0 Å². The second kappa shape index (κ2) is 3.49. The van der Waals surface area contributed by atoms with Crippen molar-refractivity contribution in [1.82, 2.24) is 0 Å². The molecule has 0 nitrogen and oxygen atoms in total. The number of rotatable bonds is 0. The largest absolute Gasteiger partial charge is 0.206 e. The van der Waals surface area contributed by atoms with Crippen LogP contribution in [0.25, 0.3) is 0 Å². The summed E-state index contributed by atoms with van der Waals surface area (Å²) in [5.74, 6) is -0.237. The zero-order valence-corrected chi connectivity index (χ0v) is 10.00. The van der Waals surface area contributed by atoms with Gasteiger partial charge in [-0.25, -0.2) is 4.39 Å². The van der Waals surface area contributed by atoms with Crippen LogP contribution in [-0.4, -0.2) is 0 Å². The molecule has 0 bridgehead atoms. The first kappa shape index (κ1) is 8.93. The quantitative estimate of drug-likeness (QED) is 0.364. The molecule has 1 aromatic carbocycles. The Morgan fingerprint density at radius 3 is 2.40 bits per heavy atom. The summed E-state index contributed by atoms with van der Waals surface area (Å²) in [5.41, 5.74) is 0. The molecule has 4 heteroatoms. The third-order valence-electron chi connectivity index (χ3n) is 0.949. The van der Waals surface area contributed by atoms with E-state index in [0.29, 0.717) is 4.47 Å². The van der Waals surface area contributed by atoms with E-state index < -0.39 is 0 Å². The standard InChI is InChI=1S/C6H2Br2FI/c7-3-1-4(9)6(8)5(10)2-3/h1-2H. The van der Waals surface area contributed by atoms with Crippen LogP contribution in [-0.2, 0) is 0 Å². The molecule has 0 radical (unpaired) electrons. The maximum Gasteiger partial charge on any atom is 0.139 e. The van der Waals surface area contributed by atoms with Crippen LogP contribution in [0.15, 0.2) is 21.1 Å². The SMILES string of the molecule is Fc1cc(Br)cc(I)c1Br. The molecule has 1 rings (SSSR count). The van der Waals surface area contributed by atoms with E-state index in [2.05, 4.69) is 54.5 Å². The lowest BCUT2D eigenvalue weighted by Crippen LogP contribution is -1.81. The first-order chi connectivity index (χ1) is 4.61. The van der Waals surface area contributed by atoms with E-state index in [-0.39, 0.29) is 5.82 Å². The molecule has 0 unspecified atom stereocenters. The summed E-state index contributed by atoms with van der Waals surface area (Å²) < 4.78 is 14.9. The molecule has 0 N–H and O–H groups in total. The Balaban J connectivity index is 3.31. The van der Waals surface area contributed by atoms with Crippen LogP contribution in [0.1, 0.15) is 0 Å². The fourth-order valence-electron chi connectivity index (χ4n) is 0.525. The Hall–Kier alpha value is 0.840. The van der Waals surface area contributed by atoms with Crippen molar-refractivity contribution in [2.75, 3.05) is 0 Å². The van der Waals surface area contributed by atoms with Gasteiger partial charge in [0, 0.05) is 8.04 Å². The highest BCUT2D eigenvalue weighted by Gasteiger charge is 2.03. The number of benzene rings is 1. The van der Waals surface area contributed by atoms with Gasteiger partial charge < -0.3 is 0 Å². The topological polar surface area (TPSA) is 0 Å². The zero-order chi connectivity index (χ0) is 7.72. The number of hydrogen-bond donors (Lipinski definition) is 0. The van der Waals surface area contributed by atoms with Crippen molar-refractivity contribution < 1.29 is 4.39 Å². The molecule has 0 amide bonds. The van der Waals surface area contributed by atoms with E-state index >= 15 is 0 Å². The Morgan fingerprint density at radius 2 is 1.90 bits per heavy atom. The summed E-state index contributed by atoms with van der Waals surface area (Å²) >= 11 is 8.35. The molecule has 0 aliphatic carbocycles. The van der Waals surface area contributed by atoms with Gasteiger partial charge in [0.15, 0.2) is 0 Å². The Labute approximate surface area is 88.6 Å². The molecule has 1 aromatic rings. The Kier molecular flexibility index (Phi) is 3.12. The fourth-order valence-corrected chi connectivity index (χ4v) is 2.20. The van der Waals surface area contributed by atoms with Gasteiger partial charge in [-0.15, -0.1) is 0 Å². The van der Waals surface area contributed by atoms with Crippen LogP contribution >= 0.6 is 54.5 Å². The van der Waals surface area contributed by atoms with E-state index in [0.717, 1.165) is 8.04 Å². The average Bonchev–Trinajstić information content (AvgIpc) is 1.82. The first-order valence-corrected chi connectivity index (χ1v) is 5.08. The van der Waals surface area contributed by atoms with Crippen LogP contribution in [0.4, 0.5) is 4.39 Å². The highest BCUT2D eigenvalue weighted by Crippen LogP contribution is 2.26. The molecule has 0 heterocycles. The van der Waals surface area contributed by atoms with Crippen LogP contribution < -0.4 is 0 Å². The van der Waals surface area contributed by atoms with Gasteiger partial charge in [-0.3, -0.25) is 0 Å². The molecular weight excluding hydrogens is 378 g/mol. The summed E-state index contributed by atoms with van der Waals surface area (Å²) in [4.78, 5) is 0. The molecular formula is C6H2Br2FI. The molecule has 0 fully saturated rings. The van der Waals surface area contributed by atoms with Crippen molar-refractivity contribution in [3.8, 4) is 0 Å². The molecule has 0 saturated heterocycles. The van der Waals surface area contributed by atoms with Gasteiger partial charge in [-0.1, -0.05) is 15.9 Å². The predicted octanol–water partition coefficient (Wildman–Crippen LogP) is 3.96. The fraction of sp³-hybridized carbons (Fsp3) is 0. The molecule has 0 aliphatic heterocycles. The van der Waals surface area contributed by atoms with E-state index in [9.17, 15) is 4.39 Å². The van der Waals surface area contributed by atoms with Crippen molar-refractivity contribution >= 4 is 54.5 Å². The lowest BCUT2D eigenvalue weighted by Gasteiger charge is -1.97.